The van der Waals surface area contributed by atoms with Crippen LogP contribution in [0.3, 0.4) is 0 Å². The Morgan fingerprint density at radius 3 is 0.968 bits per heavy atom. The Morgan fingerprint density at radius 1 is 0.319 bits per heavy atom. The fraction of sp³-hybridized carbons (Fsp3) is 0.787. The van der Waals surface area contributed by atoms with Crippen LogP contribution in [0.5, 0.6) is 0 Å². The van der Waals surface area contributed by atoms with Crippen molar-refractivity contribution in [3.63, 3.8) is 0 Å². The molecular weight excluding hydrogens is 1230 g/mol. The van der Waals surface area contributed by atoms with Gasteiger partial charge in [0.1, 0.15) is 19.3 Å². The van der Waals surface area contributed by atoms with Crippen LogP contribution in [0, 0.1) is 0 Å². The molecule has 0 aromatic heterocycles. The van der Waals surface area contributed by atoms with Crippen molar-refractivity contribution >= 4 is 39.5 Å². The van der Waals surface area contributed by atoms with Gasteiger partial charge in [-0.2, -0.15) is 0 Å². The highest BCUT2D eigenvalue weighted by molar-refractivity contribution is 7.47. The van der Waals surface area contributed by atoms with E-state index in [4.69, 9.17) is 37.0 Å². The van der Waals surface area contributed by atoms with Crippen molar-refractivity contribution in [2.24, 2.45) is 0 Å². The number of aliphatic hydroxyl groups excluding tert-OH is 1. The molecule has 0 aliphatic rings. The van der Waals surface area contributed by atoms with Crippen LogP contribution in [-0.4, -0.2) is 96.7 Å². The van der Waals surface area contributed by atoms with Gasteiger partial charge in [-0.15, -0.1) is 0 Å². The van der Waals surface area contributed by atoms with Crippen molar-refractivity contribution < 1.29 is 80.2 Å². The molecule has 546 valence electrons. The second-order valence-corrected chi connectivity index (χ2v) is 27.8. The second-order valence-electron chi connectivity index (χ2n) is 24.9. The lowest BCUT2D eigenvalue weighted by molar-refractivity contribution is -0.161. The van der Waals surface area contributed by atoms with Gasteiger partial charge in [-0.05, 0) is 70.6 Å². The van der Waals surface area contributed by atoms with Crippen LogP contribution >= 0.6 is 15.6 Å². The molecule has 0 radical (unpaired) electrons. The molecule has 0 spiro atoms. The maximum absolute atomic E-state index is 13.0. The molecule has 3 N–H and O–H groups in total. The van der Waals surface area contributed by atoms with E-state index in [1.165, 1.54) is 135 Å². The van der Waals surface area contributed by atoms with E-state index in [1.807, 2.05) is 18.2 Å². The minimum Gasteiger partial charge on any atom is -0.462 e. The van der Waals surface area contributed by atoms with Gasteiger partial charge in [0, 0.05) is 19.3 Å². The van der Waals surface area contributed by atoms with Crippen LogP contribution in [0.25, 0.3) is 0 Å². The summed E-state index contributed by atoms with van der Waals surface area (Å²) in [6.07, 6.45) is 66.5. The number of ether oxygens (including phenoxy) is 4. The average molecular weight is 1370 g/mol. The number of esters is 4. The Kier molecular flexibility index (Phi) is 65.5. The molecule has 0 saturated carbocycles. The molecule has 19 heteroatoms. The van der Waals surface area contributed by atoms with Crippen molar-refractivity contribution in [3.8, 4) is 0 Å². The van der Waals surface area contributed by atoms with Gasteiger partial charge in [-0.25, -0.2) is 9.13 Å². The van der Waals surface area contributed by atoms with Crippen LogP contribution < -0.4 is 0 Å². The monoisotopic (exact) mass is 1370 g/mol. The van der Waals surface area contributed by atoms with Crippen molar-refractivity contribution in [1.29, 1.82) is 0 Å². The summed E-state index contributed by atoms with van der Waals surface area (Å²) in [6.45, 7) is 4.63. The van der Waals surface area contributed by atoms with Gasteiger partial charge in [-0.1, -0.05) is 300 Å². The summed E-state index contributed by atoms with van der Waals surface area (Å²) in [6, 6.07) is 0. The third kappa shape index (κ3) is 67.1. The first kappa shape index (κ1) is 90.5. The van der Waals surface area contributed by atoms with Crippen LogP contribution in [0.15, 0.2) is 72.9 Å². The van der Waals surface area contributed by atoms with Crippen LogP contribution in [0.4, 0.5) is 0 Å². The van der Waals surface area contributed by atoms with Crippen LogP contribution in [0.2, 0.25) is 0 Å². The fourth-order valence-corrected chi connectivity index (χ4v) is 11.6. The lowest BCUT2D eigenvalue weighted by Crippen LogP contribution is -2.30. The SMILES string of the molecule is CC/C=C\C/C=C\C/C=C\C/C=C\C/C=C\CC(=O)OCC(COP(=O)(O)OCC(O)COP(=O)(O)OCC(COC(=O)CCCCCCCCCCCCCCCCC)OC(=O)CCCCCCC/C=C\CCCC)OC(=O)CCCCCCCCCCCCCCC. The zero-order chi connectivity index (χ0) is 69.0. The number of unbranched alkanes of at least 4 members (excludes halogenated alkanes) is 33. The van der Waals surface area contributed by atoms with E-state index >= 15 is 0 Å². The quantitative estimate of drug-likeness (QED) is 0.0169. The molecule has 94 heavy (non-hydrogen) atoms. The van der Waals surface area contributed by atoms with E-state index in [-0.39, 0.29) is 25.7 Å². The van der Waals surface area contributed by atoms with Gasteiger partial charge in [0.2, 0.25) is 0 Å². The van der Waals surface area contributed by atoms with E-state index in [0.717, 1.165) is 109 Å². The number of carbonyl (C=O) groups excluding carboxylic acids is 4. The first-order valence-electron chi connectivity index (χ1n) is 37.2. The largest absolute Gasteiger partial charge is 0.472 e. The Balaban J connectivity index is 5.35. The number of phosphoric ester groups is 2. The van der Waals surface area contributed by atoms with E-state index in [1.54, 1.807) is 6.08 Å². The third-order valence-corrected chi connectivity index (χ3v) is 17.6. The van der Waals surface area contributed by atoms with E-state index in [2.05, 4.69) is 76.3 Å². The Morgan fingerprint density at radius 2 is 0.606 bits per heavy atom. The Bertz CT molecular complexity index is 2070. The highest BCUT2D eigenvalue weighted by atomic mass is 31.2. The first-order valence-corrected chi connectivity index (χ1v) is 40.2. The molecule has 0 aromatic rings. The number of aliphatic hydroxyl groups is 1. The van der Waals surface area contributed by atoms with Gasteiger partial charge < -0.3 is 33.8 Å². The van der Waals surface area contributed by atoms with E-state index in [0.29, 0.717) is 25.7 Å². The summed E-state index contributed by atoms with van der Waals surface area (Å²) < 4.78 is 68.2. The van der Waals surface area contributed by atoms with E-state index < -0.39 is 97.5 Å². The molecule has 17 nitrogen and oxygen atoms in total. The summed E-state index contributed by atoms with van der Waals surface area (Å²) >= 11 is 0. The van der Waals surface area contributed by atoms with Gasteiger partial charge >= 0.3 is 39.5 Å². The highest BCUT2D eigenvalue weighted by Gasteiger charge is 2.30. The molecule has 0 aliphatic carbocycles. The Hall–Kier alpha value is -3.50. The molecule has 0 saturated heterocycles. The molecule has 0 rings (SSSR count). The molecule has 0 fully saturated rings. The van der Waals surface area contributed by atoms with Crippen LogP contribution in [-0.2, 0) is 65.4 Å². The second kappa shape index (κ2) is 68.0. The third-order valence-electron chi connectivity index (χ3n) is 15.7. The molecule has 5 unspecified atom stereocenters. The maximum Gasteiger partial charge on any atom is 0.472 e. The van der Waals surface area contributed by atoms with Gasteiger partial charge in [0.15, 0.2) is 12.2 Å². The Labute approximate surface area is 571 Å². The number of allylic oxidation sites excluding steroid dienone is 11. The minimum absolute atomic E-state index is 0.0668. The number of hydrogen-bond donors (Lipinski definition) is 3. The normalized spacial score (nSPS) is 14.4. The molecule has 0 heterocycles. The lowest BCUT2D eigenvalue weighted by Gasteiger charge is -2.21. The summed E-state index contributed by atoms with van der Waals surface area (Å²) in [5.41, 5.74) is 0. The van der Waals surface area contributed by atoms with Gasteiger partial charge in [-0.3, -0.25) is 37.3 Å². The molecule has 0 amide bonds. The fourth-order valence-electron chi connectivity index (χ4n) is 10.0. The van der Waals surface area contributed by atoms with Crippen molar-refractivity contribution in [3.05, 3.63) is 72.9 Å². The summed E-state index contributed by atoms with van der Waals surface area (Å²) in [7, 11) is -9.95. The minimum atomic E-state index is -4.98. The number of hydrogen-bond acceptors (Lipinski definition) is 15. The molecule has 0 aliphatic heterocycles. The number of phosphoric acid groups is 2. The predicted molar refractivity (Wildman–Crippen MR) is 381 cm³/mol. The predicted octanol–water partition coefficient (Wildman–Crippen LogP) is 20.9. The molecule has 0 aromatic carbocycles. The summed E-state index contributed by atoms with van der Waals surface area (Å²) in [5.74, 6) is -2.31. The van der Waals surface area contributed by atoms with Crippen molar-refractivity contribution in [2.75, 3.05) is 39.6 Å². The van der Waals surface area contributed by atoms with Gasteiger partial charge in [0.25, 0.3) is 0 Å². The maximum atomic E-state index is 13.0. The molecular formula is C75H134O17P2. The van der Waals surface area contributed by atoms with Crippen molar-refractivity contribution in [2.45, 2.75) is 341 Å². The lowest BCUT2D eigenvalue weighted by atomic mass is 10.0. The van der Waals surface area contributed by atoms with Crippen LogP contribution in [0.1, 0.15) is 323 Å². The van der Waals surface area contributed by atoms with Crippen molar-refractivity contribution in [1.82, 2.24) is 0 Å². The van der Waals surface area contributed by atoms with E-state index in [9.17, 15) is 43.2 Å². The first-order chi connectivity index (χ1) is 45.7. The average Bonchev–Trinajstić information content (AvgIpc) is 1.55. The standard InChI is InChI=1S/C75H134O17P2/c1-5-9-13-17-21-25-29-32-34-37-40-43-47-51-55-59-72(77)85-65-70(91-74(79)61-57-53-49-45-39-28-24-20-16-12-8-4)67-89-93(81,82)87-63-69(76)64-88-94(83,84)90-68-71(92-75(80)62-58-54-50-46-42-36-31-27-23-19-15-11-7-3)66-86-73(78)60-56-52-48-44-41-38-35-33-30-26-22-18-14-10-6-2/h10,14,20,22,24,26,33,35,41,44,52,56,69-71,76H,5-9,11-13,15-19,21,23,25,27-32,34,36-40,42-43,45-51,53-55,57-68H2,1-4H3,(H,81,82)(H,83,84)/b14-10-,24-20-,26-22-,35-33-,44-41-,56-52-. The zero-order valence-corrected chi connectivity index (χ0v) is 61.2. The molecule has 5 atom stereocenters. The van der Waals surface area contributed by atoms with Gasteiger partial charge in [0.05, 0.1) is 32.8 Å². The topological polar surface area (TPSA) is 237 Å². The molecule has 0 bridgehead atoms. The zero-order valence-electron chi connectivity index (χ0n) is 59.4. The summed E-state index contributed by atoms with van der Waals surface area (Å²) in [4.78, 5) is 72.6. The highest BCUT2D eigenvalue weighted by Crippen LogP contribution is 2.45. The number of carbonyl (C=O) groups is 4. The smallest absolute Gasteiger partial charge is 0.462 e. The summed E-state index contributed by atoms with van der Waals surface area (Å²) in [5, 5.41) is 10.6. The number of rotatable bonds is 70.